The molecule has 1 atom stereocenters. The van der Waals surface area contributed by atoms with Gasteiger partial charge in [-0.2, -0.15) is 0 Å². The van der Waals surface area contributed by atoms with Crippen molar-refractivity contribution < 1.29 is 28.3 Å². The zero-order valence-corrected chi connectivity index (χ0v) is 14.7. The third-order valence-electron chi connectivity index (χ3n) is 2.88. The Morgan fingerprint density at radius 1 is 1.10 bits per heavy atom. The van der Waals surface area contributed by atoms with E-state index in [1.165, 1.54) is 0 Å². The fraction of sp³-hybridized carbons (Fsp3) is 0.769. The number of rotatable bonds is 15. The van der Waals surface area contributed by atoms with E-state index in [-0.39, 0.29) is 6.10 Å². The summed E-state index contributed by atoms with van der Waals surface area (Å²) in [7, 11) is -0.788. The lowest BCUT2D eigenvalue weighted by Crippen LogP contribution is -2.42. The van der Waals surface area contributed by atoms with Crippen LogP contribution in [-0.2, 0) is 28.3 Å². The molecule has 0 heterocycles. The molecule has 0 saturated heterocycles. The average molecular weight is 333 g/mol. The quantitative estimate of drug-likeness (QED) is 0.249. The minimum Gasteiger partial charge on any atom is -0.421 e. The molecule has 0 fully saturated rings. The molecule has 0 aliphatic heterocycles. The molecule has 0 aromatic carbocycles. The van der Waals surface area contributed by atoms with Crippen LogP contribution in [0.1, 0.15) is 19.8 Å². The highest BCUT2D eigenvalue weighted by Gasteiger charge is 2.32. The first-order chi connectivity index (χ1) is 10.1. The van der Waals surface area contributed by atoms with Gasteiger partial charge in [0.25, 0.3) is 8.07 Å². The summed E-state index contributed by atoms with van der Waals surface area (Å²) < 4.78 is 16.0. The Bertz CT molecular complexity index is 279. The number of hydrogen-bond donors (Lipinski definition) is 0. The molecule has 0 aliphatic carbocycles. The largest absolute Gasteiger partial charge is 0.421 e. The SMILES string of the molecule is CO[Si]CCCOCC(C)OCCC[Si](C=O)(C=O)C=O. The summed E-state index contributed by atoms with van der Waals surface area (Å²) in [6.45, 7) is 3.51. The first kappa shape index (κ1) is 20.3. The van der Waals surface area contributed by atoms with Crippen LogP contribution < -0.4 is 0 Å². The van der Waals surface area contributed by atoms with Crippen LogP contribution in [-0.4, -0.2) is 68.6 Å². The topological polar surface area (TPSA) is 78.9 Å². The summed E-state index contributed by atoms with van der Waals surface area (Å²) in [5.74, 6) is 1.58. The maximum atomic E-state index is 10.8. The van der Waals surface area contributed by atoms with Crippen LogP contribution >= 0.6 is 0 Å². The minimum absolute atomic E-state index is 0.0466. The summed E-state index contributed by atoms with van der Waals surface area (Å²) in [5, 5.41) is 0. The zero-order valence-electron chi connectivity index (χ0n) is 12.7. The van der Waals surface area contributed by atoms with Crippen molar-refractivity contribution in [2.45, 2.75) is 38.0 Å². The van der Waals surface area contributed by atoms with Crippen LogP contribution in [0.15, 0.2) is 0 Å². The van der Waals surface area contributed by atoms with Gasteiger partial charge >= 0.3 is 0 Å². The Balaban J connectivity index is 3.61. The smallest absolute Gasteiger partial charge is 0.267 e. The first-order valence-corrected chi connectivity index (χ1v) is 10.5. The second kappa shape index (κ2) is 13.0. The molecule has 8 heteroatoms. The van der Waals surface area contributed by atoms with Gasteiger partial charge in [-0.1, -0.05) is 0 Å². The van der Waals surface area contributed by atoms with Crippen molar-refractivity contribution in [2.24, 2.45) is 0 Å². The average Bonchev–Trinajstić information content (AvgIpc) is 2.51. The van der Waals surface area contributed by atoms with Crippen LogP contribution in [0.2, 0.25) is 12.1 Å². The molecule has 0 aliphatic rings. The third-order valence-corrected chi connectivity index (χ3v) is 6.26. The molecule has 120 valence electrons. The van der Waals surface area contributed by atoms with Crippen LogP contribution in [0.25, 0.3) is 0 Å². The van der Waals surface area contributed by atoms with Crippen LogP contribution in [0.3, 0.4) is 0 Å². The molecule has 0 saturated carbocycles. The number of ether oxygens (including phenoxy) is 2. The van der Waals surface area contributed by atoms with Gasteiger partial charge < -0.3 is 28.3 Å². The standard InChI is InChI=1S/C13H24O6Si2/c1-13(9-18-5-3-7-20-17-2)19-6-4-8-21(10-14,11-15)12-16/h10-13H,3-9H2,1-2H3. The summed E-state index contributed by atoms with van der Waals surface area (Å²) in [4.78, 5) is 32.4. The van der Waals surface area contributed by atoms with E-state index in [1.807, 2.05) is 6.92 Å². The van der Waals surface area contributed by atoms with Gasteiger partial charge in [0, 0.05) is 20.3 Å². The molecular formula is C13H24O6Si2. The molecule has 0 rings (SSSR count). The summed E-state index contributed by atoms with van der Waals surface area (Å²) in [5.41, 5.74) is 0. The van der Waals surface area contributed by atoms with Crippen LogP contribution in [0.5, 0.6) is 0 Å². The van der Waals surface area contributed by atoms with E-state index in [0.29, 0.717) is 59.8 Å². The van der Waals surface area contributed by atoms with Gasteiger partial charge in [0.2, 0.25) is 9.76 Å². The van der Waals surface area contributed by atoms with Crippen molar-refractivity contribution >= 4 is 35.6 Å². The van der Waals surface area contributed by atoms with E-state index in [2.05, 4.69) is 0 Å². The molecule has 2 radical (unpaired) electrons. The molecule has 0 aromatic heterocycles. The van der Waals surface area contributed by atoms with Crippen molar-refractivity contribution in [3.63, 3.8) is 0 Å². The van der Waals surface area contributed by atoms with Crippen LogP contribution in [0.4, 0.5) is 0 Å². The highest BCUT2D eigenvalue weighted by atomic mass is 28.3. The Kier molecular flexibility index (Phi) is 12.6. The van der Waals surface area contributed by atoms with E-state index < -0.39 is 8.07 Å². The number of carbonyl (C=O) groups is 3. The summed E-state index contributed by atoms with van der Waals surface area (Å²) in [6, 6.07) is 1.32. The third kappa shape index (κ3) is 9.80. The first-order valence-electron chi connectivity index (χ1n) is 6.98. The van der Waals surface area contributed by atoms with E-state index in [1.54, 1.807) is 7.11 Å². The van der Waals surface area contributed by atoms with Gasteiger partial charge in [-0.25, -0.2) is 0 Å². The fourth-order valence-corrected chi connectivity index (χ4v) is 3.34. The second-order valence-corrected chi connectivity index (χ2v) is 9.41. The molecule has 21 heavy (non-hydrogen) atoms. The van der Waals surface area contributed by atoms with Gasteiger partial charge in [0.15, 0.2) is 0 Å². The van der Waals surface area contributed by atoms with Crippen LogP contribution in [0, 0.1) is 0 Å². The van der Waals surface area contributed by atoms with Gasteiger partial charge in [0.1, 0.15) is 17.7 Å². The normalized spacial score (nSPS) is 12.9. The van der Waals surface area contributed by atoms with Gasteiger partial charge in [-0.3, -0.25) is 0 Å². The lowest BCUT2D eigenvalue weighted by Gasteiger charge is -2.15. The van der Waals surface area contributed by atoms with E-state index in [9.17, 15) is 14.4 Å². The number of hydrogen-bond acceptors (Lipinski definition) is 6. The minimum atomic E-state index is -3.00. The maximum Gasteiger partial charge on any atom is 0.267 e. The van der Waals surface area contributed by atoms with Crippen molar-refractivity contribution in [1.29, 1.82) is 0 Å². The van der Waals surface area contributed by atoms with E-state index in [4.69, 9.17) is 13.9 Å². The molecule has 0 amide bonds. The van der Waals surface area contributed by atoms with Crippen molar-refractivity contribution in [2.75, 3.05) is 26.9 Å². The highest BCUT2D eigenvalue weighted by molar-refractivity contribution is 7.32. The van der Waals surface area contributed by atoms with E-state index >= 15 is 0 Å². The van der Waals surface area contributed by atoms with Gasteiger partial charge in [-0.15, -0.1) is 0 Å². The van der Waals surface area contributed by atoms with Crippen molar-refractivity contribution in [3.05, 3.63) is 0 Å². The molecule has 6 nitrogen and oxygen atoms in total. The predicted molar refractivity (Wildman–Crippen MR) is 83.8 cm³/mol. The Morgan fingerprint density at radius 3 is 2.33 bits per heavy atom. The highest BCUT2D eigenvalue weighted by Crippen LogP contribution is 2.06. The Morgan fingerprint density at radius 2 is 1.76 bits per heavy atom. The monoisotopic (exact) mass is 332 g/mol. The predicted octanol–water partition coefficient (Wildman–Crippen LogP) is 0.637. The lowest BCUT2D eigenvalue weighted by molar-refractivity contribution is -0.00619. The van der Waals surface area contributed by atoms with Gasteiger partial charge in [0.05, 0.1) is 12.7 Å². The van der Waals surface area contributed by atoms with Gasteiger partial charge in [-0.05, 0) is 31.9 Å². The molecule has 0 bridgehead atoms. The Hall–Kier alpha value is -0.676. The molecule has 0 aromatic rings. The second-order valence-electron chi connectivity index (χ2n) is 4.78. The maximum absolute atomic E-state index is 10.8. The molecule has 0 spiro atoms. The molecule has 1 unspecified atom stereocenters. The van der Waals surface area contributed by atoms with Crippen molar-refractivity contribution in [1.82, 2.24) is 0 Å². The number of carbonyl (C=O) groups excluding carboxylic acids is 3. The van der Waals surface area contributed by atoms with Crippen molar-refractivity contribution in [3.8, 4) is 0 Å². The zero-order chi connectivity index (χ0) is 16.0. The Labute approximate surface area is 129 Å². The summed E-state index contributed by atoms with van der Waals surface area (Å²) >= 11 is 0. The summed E-state index contributed by atoms with van der Waals surface area (Å²) in [6.07, 6.45) is 1.45. The molecular weight excluding hydrogens is 308 g/mol. The molecule has 0 N–H and O–H groups in total. The fourth-order valence-electron chi connectivity index (χ4n) is 1.57. The lowest BCUT2D eigenvalue weighted by atomic mass is 10.4. The van der Waals surface area contributed by atoms with E-state index in [0.717, 1.165) is 12.5 Å².